The van der Waals surface area contributed by atoms with Gasteiger partial charge < -0.3 is 10.1 Å². The van der Waals surface area contributed by atoms with Crippen molar-refractivity contribution in [1.82, 2.24) is 4.98 Å². The molecular weight excluding hydrogens is 228 g/mol. The first kappa shape index (κ1) is 12.8. The number of methoxy groups -OCH3 is 1. The van der Waals surface area contributed by atoms with Crippen molar-refractivity contribution in [3.63, 3.8) is 0 Å². The van der Waals surface area contributed by atoms with E-state index in [4.69, 9.17) is 4.74 Å². The molecule has 0 saturated carbocycles. The molecule has 0 aliphatic carbocycles. The van der Waals surface area contributed by atoms with Gasteiger partial charge in [-0.1, -0.05) is 0 Å². The number of hydrogen-bond donors (Lipinski definition) is 1. The summed E-state index contributed by atoms with van der Waals surface area (Å²) in [6, 6.07) is 3.59. The molecule has 0 aliphatic rings. The highest BCUT2D eigenvalue weighted by molar-refractivity contribution is 7.90. The first-order chi connectivity index (χ1) is 7.51. The fraction of sp³-hybridized carbons (Fsp3) is 0.500. The molecule has 0 saturated heterocycles. The zero-order valence-corrected chi connectivity index (χ0v) is 10.3. The molecule has 6 heteroatoms. The average molecular weight is 244 g/mol. The van der Waals surface area contributed by atoms with Crippen LogP contribution in [0.2, 0.25) is 0 Å². The van der Waals surface area contributed by atoms with Crippen LogP contribution in [0, 0.1) is 0 Å². The number of hydrogen-bond acceptors (Lipinski definition) is 5. The van der Waals surface area contributed by atoms with Gasteiger partial charge in [-0.2, -0.15) is 0 Å². The van der Waals surface area contributed by atoms with E-state index in [1.54, 1.807) is 19.4 Å². The van der Waals surface area contributed by atoms with Gasteiger partial charge in [0.05, 0.1) is 24.7 Å². The highest BCUT2D eigenvalue weighted by Gasteiger charge is 2.01. The molecule has 1 N–H and O–H groups in total. The third kappa shape index (κ3) is 4.97. The van der Waals surface area contributed by atoms with E-state index < -0.39 is 9.84 Å². The maximum atomic E-state index is 10.9. The number of rotatable bonds is 6. The lowest BCUT2D eigenvalue weighted by Crippen LogP contribution is -2.09. The van der Waals surface area contributed by atoms with E-state index in [-0.39, 0.29) is 5.75 Å². The summed E-state index contributed by atoms with van der Waals surface area (Å²) in [7, 11) is -1.31. The topological polar surface area (TPSA) is 68.3 Å². The van der Waals surface area contributed by atoms with Crippen molar-refractivity contribution < 1.29 is 13.2 Å². The molecule has 0 unspecified atom stereocenters. The molecule has 1 aromatic rings. The molecule has 16 heavy (non-hydrogen) atoms. The summed E-state index contributed by atoms with van der Waals surface area (Å²) in [4.78, 5) is 4.02. The van der Waals surface area contributed by atoms with Gasteiger partial charge in [-0.05, 0) is 12.5 Å². The van der Waals surface area contributed by atoms with Crippen LogP contribution in [0.4, 0.5) is 5.69 Å². The fourth-order valence-corrected chi connectivity index (χ4v) is 1.84. The quantitative estimate of drug-likeness (QED) is 0.754. The normalized spacial score (nSPS) is 11.1. The number of aromatic nitrogens is 1. The Morgan fingerprint density at radius 1 is 1.44 bits per heavy atom. The Hall–Kier alpha value is -1.30. The number of sulfone groups is 1. The first-order valence-corrected chi connectivity index (χ1v) is 6.99. The molecular formula is C10H16N2O3S. The van der Waals surface area contributed by atoms with Gasteiger partial charge in [0, 0.05) is 18.9 Å². The van der Waals surface area contributed by atoms with Crippen LogP contribution in [0.25, 0.3) is 0 Å². The number of anilines is 1. The molecule has 0 atom stereocenters. The maximum Gasteiger partial charge on any atom is 0.213 e. The predicted octanol–water partition coefficient (Wildman–Crippen LogP) is 0.937. The predicted molar refractivity (Wildman–Crippen MR) is 63.6 cm³/mol. The molecule has 90 valence electrons. The summed E-state index contributed by atoms with van der Waals surface area (Å²) in [6.07, 6.45) is 3.48. The zero-order valence-electron chi connectivity index (χ0n) is 9.43. The Morgan fingerprint density at radius 2 is 2.19 bits per heavy atom. The molecule has 1 aromatic heterocycles. The second kappa shape index (κ2) is 5.69. The molecule has 0 bridgehead atoms. The molecule has 1 rings (SSSR count). The highest BCUT2D eigenvalue weighted by atomic mass is 32.2. The van der Waals surface area contributed by atoms with Crippen molar-refractivity contribution in [2.24, 2.45) is 0 Å². The van der Waals surface area contributed by atoms with Gasteiger partial charge >= 0.3 is 0 Å². The van der Waals surface area contributed by atoms with Crippen LogP contribution in [0.15, 0.2) is 18.3 Å². The van der Waals surface area contributed by atoms with E-state index in [0.717, 1.165) is 5.69 Å². The Labute approximate surface area is 95.8 Å². The summed E-state index contributed by atoms with van der Waals surface area (Å²) in [5.41, 5.74) is 0.856. The van der Waals surface area contributed by atoms with Crippen LogP contribution in [0.5, 0.6) is 5.88 Å². The summed E-state index contributed by atoms with van der Waals surface area (Å²) >= 11 is 0. The van der Waals surface area contributed by atoms with Crippen LogP contribution in [0.3, 0.4) is 0 Å². The lowest BCUT2D eigenvalue weighted by atomic mass is 10.4. The van der Waals surface area contributed by atoms with Crippen molar-refractivity contribution in [1.29, 1.82) is 0 Å². The van der Waals surface area contributed by atoms with Crippen molar-refractivity contribution in [3.05, 3.63) is 18.3 Å². The van der Waals surface area contributed by atoms with Crippen LogP contribution >= 0.6 is 0 Å². The van der Waals surface area contributed by atoms with Gasteiger partial charge in [0.2, 0.25) is 5.88 Å². The maximum absolute atomic E-state index is 10.9. The van der Waals surface area contributed by atoms with E-state index in [2.05, 4.69) is 10.3 Å². The number of nitrogens with zero attached hydrogens (tertiary/aromatic N) is 1. The molecule has 0 fully saturated rings. The SMILES string of the molecule is COc1ccc(NCCCS(C)(=O)=O)cn1. The largest absolute Gasteiger partial charge is 0.481 e. The molecule has 0 spiro atoms. The Bertz CT molecular complexity index is 414. The summed E-state index contributed by atoms with van der Waals surface area (Å²) in [5.74, 6) is 0.755. The minimum absolute atomic E-state index is 0.198. The van der Waals surface area contributed by atoms with Crippen LogP contribution in [-0.2, 0) is 9.84 Å². The molecule has 0 aliphatic heterocycles. The van der Waals surface area contributed by atoms with Gasteiger partial charge in [-0.25, -0.2) is 13.4 Å². The lowest BCUT2D eigenvalue weighted by molar-refractivity contribution is 0.398. The van der Waals surface area contributed by atoms with Gasteiger partial charge in [-0.3, -0.25) is 0 Å². The van der Waals surface area contributed by atoms with Gasteiger partial charge in [0.25, 0.3) is 0 Å². The smallest absolute Gasteiger partial charge is 0.213 e. The standard InChI is InChI=1S/C10H16N2O3S/c1-15-10-5-4-9(8-12-10)11-6-3-7-16(2,13)14/h4-5,8,11H,3,6-7H2,1-2H3. The minimum Gasteiger partial charge on any atom is -0.481 e. The van der Waals surface area contributed by atoms with Crippen LogP contribution < -0.4 is 10.1 Å². The van der Waals surface area contributed by atoms with Crippen LogP contribution in [-0.4, -0.2) is 39.1 Å². The second-order valence-electron chi connectivity index (χ2n) is 3.50. The second-order valence-corrected chi connectivity index (χ2v) is 5.76. The van der Waals surface area contributed by atoms with Gasteiger partial charge in [0.1, 0.15) is 9.84 Å². The Morgan fingerprint density at radius 3 is 2.69 bits per heavy atom. The van der Waals surface area contributed by atoms with Crippen molar-refractivity contribution in [2.45, 2.75) is 6.42 Å². The van der Waals surface area contributed by atoms with Crippen molar-refractivity contribution >= 4 is 15.5 Å². The van der Waals surface area contributed by atoms with E-state index in [1.807, 2.05) is 6.07 Å². The molecule has 1 heterocycles. The average Bonchev–Trinajstić information content (AvgIpc) is 2.24. The third-order valence-electron chi connectivity index (χ3n) is 1.97. The Kier molecular flexibility index (Phi) is 4.54. The lowest BCUT2D eigenvalue weighted by Gasteiger charge is -2.05. The number of ether oxygens (including phenoxy) is 1. The van der Waals surface area contributed by atoms with E-state index >= 15 is 0 Å². The fourth-order valence-electron chi connectivity index (χ4n) is 1.17. The van der Waals surface area contributed by atoms with Gasteiger partial charge in [-0.15, -0.1) is 0 Å². The van der Waals surface area contributed by atoms with E-state index in [1.165, 1.54) is 6.26 Å². The zero-order chi connectivity index (χ0) is 12.0. The highest BCUT2D eigenvalue weighted by Crippen LogP contribution is 2.10. The van der Waals surface area contributed by atoms with E-state index in [0.29, 0.717) is 18.8 Å². The number of pyridine rings is 1. The third-order valence-corrected chi connectivity index (χ3v) is 3.00. The number of nitrogens with one attached hydrogen (secondary N) is 1. The molecule has 0 radical (unpaired) electrons. The van der Waals surface area contributed by atoms with Crippen molar-refractivity contribution in [2.75, 3.05) is 31.0 Å². The van der Waals surface area contributed by atoms with Gasteiger partial charge in [0.15, 0.2) is 0 Å². The monoisotopic (exact) mass is 244 g/mol. The summed E-state index contributed by atoms with van der Waals surface area (Å²) in [5, 5.41) is 3.09. The summed E-state index contributed by atoms with van der Waals surface area (Å²) < 4.78 is 26.7. The van der Waals surface area contributed by atoms with E-state index in [9.17, 15) is 8.42 Å². The summed E-state index contributed by atoms with van der Waals surface area (Å²) in [6.45, 7) is 0.612. The molecule has 0 aromatic carbocycles. The minimum atomic E-state index is -2.86. The Balaban J connectivity index is 2.32. The first-order valence-electron chi connectivity index (χ1n) is 4.93. The molecule has 5 nitrogen and oxygen atoms in total. The van der Waals surface area contributed by atoms with Crippen molar-refractivity contribution in [3.8, 4) is 5.88 Å². The molecule has 0 amide bonds. The van der Waals surface area contributed by atoms with Crippen LogP contribution in [0.1, 0.15) is 6.42 Å².